The Bertz CT molecular complexity index is 478. The lowest BCUT2D eigenvalue weighted by atomic mass is 10.1. The van der Waals surface area contributed by atoms with Crippen LogP contribution in [0, 0.1) is 5.82 Å². The molecular weight excluding hydrogens is 315 g/mol. The molecule has 3 N–H and O–H groups in total. The van der Waals surface area contributed by atoms with Gasteiger partial charge < -0.3 is 15.8 Å². The Morgan fingerprint density at radius 3 is 2.74 bits per heavy atom. The predicted molar refractivity (Wildman–Crippen MR) is 76.6 cm³/mol. The van der Waals surface area contributed by atoms with Crippen LogP contribution in [0.3, 0.4) is 0 Å². The highest BCUT2D eigenvalue weighted by molar-refractivity contribution is 9.10. The van der Waals surface area contributed by atoms with Crippen LogP contribution in [0.2, 0.25) is 0 Å². The second-order valence-corrected chi connectivity index (χ2v) is 5.58. The second kappa shape index (κ2) is 6.34. The molecule has 0 aliphatic rings. The topological polar surface area (TPSA) is 64.3 Å². The van der Waals surface area contributed by atoms with Gasteiger partial charge in [-0.2, -0.15) is 0 Å². The summed E-state index contributed by atoms with van der Waals surface area (Å²) in [5.74, 6) is -0.885. The maximum absolute atomic E-state index is 13.2. The summed E-state index contributed by atoms with van der Waals surface area (Å²) in [7, 11) is 0. The van der Waals surface area contributed by atoms with E-state index in [-0.39, 0.29) is 11.6 Å². The van der Waals surface area contributed by atoms with Crippen LogP contribution in [0.25, 0.3) is 0 Å². The Morgan fingerprint density at radius 1 is 1.53 bits per heavy atom. The Labute approximate surface area is 120 Å². The van der Waals surface area contributed by atoms with Gasteiger partial charge in [-0.15, -0.1) is 0 Å². The van der Waals surface area contributed by atoms with Crippen LogP contribution in [0.1, 0.15) is 31.1 Å². The molecule has 106 valence electrons. The monoisotopic (exact) mass is 332 g/mol. The second-order valence-electron chi connectivity index (χ2n) is 4.73. The predicted octanol–water partition coefficient (Wildman–Crippen LogP) is 2.72. The van der Waals surface area contributed by atoms with Crippen molar-refractivity contribution in [3.8, 4) is 0 Å². The van der Waals surface area contributed by atoms with Gasteiger partial charge in [0, 0.05) is 17.6 Å². The molecule has 0 fully saturated rings. The third kappa shape index (κ3) is 4.47. The lowest BCUT2D eigenvalue weighted by molar-refractivity contribution is -0.00815. The molecule has 0 saturated carbocycles. The first-order chi connectivity index (χ1) is 8.76. The molecule has 0 heterocycles. The van der Waals surface area contributed by atoms with E-state index in [0.717, 1.165) is 0 Å². The van der Waals surface area contributed by atoms with Gasteiger partial charge in [0.05, 0.1) is 16.9 Å². The fourth-order valence-corrected chi connectivity index (χ4v) is 2.07. The van der Waals surface area contributed by atoms with Crippen molar-refractivity contribution in [3.05, 3.63) is 28.0 Å². The van der Waals surface area contributed by atoms with E-state index in [1.807, 2.05) is 20.8 Å². The van der Waals surface area contributed by atoms with Crippen molar-refractivity contribution in [1.29, 1.82) is 0 Å². The standard InChI is InChI=1S/C13H18BrFN2O2/c1-4-19-13(2,3)7-17-12(18)8-5-11(16)10(15)6-9(8)14/h5-6H,4,7,16H2,1-3H3,(H,17,18). The number of anilines is 1. The van der Waals surface area contributed by atoms with Crippen molar-refractivity contribution in [2.45, 2.75) is 26.4 Å². The van der Waals surface area contributed by atoms with Crippen LogP contribution in [0.4, 0.5) is 10.1 Å². The van der Waals surface area contributed by atoms with Crippen molar-refractivity contribution in [1.82, 2.24) is 5.32 Å². The Morgan fingerprint density at radius 2 is 2.16 bits per heavy atom. The summed E-state index contributed by atoms with van der Waals surface area (Å²) in [6.07, 6.45) is 0. The highest BCUT2D eigenvalue weighted by Gasteiger charge is 2.20. The number of nitrogens with two attached hydrogens (primary N) is 1. The molecule has 0 aromatic heterocycles. The number of ether oxygens (including phenoxy) is 1. The van der Waals surface area contributed by atoms with Crippen molar-refractivity contribution in [3.63, 3.8) is 0 Å². The molecule has 6 heteroatoms. The highest BCUT2D eigenvalue weighted by Crippen LogP contribution is 2.22. The number of hydrogen-bond donors (Lipinski definition) is 2. The fraction of sp³-hybridized carbons (Fsp3) is 0.462. The van der Waals surface area contributed by atoms with Crippen molar-refractivity contribution in [2.75, 3.05) is 18.9 Å². The van der Waals surface area contributed by atoms with E-state index >= 15 is 0 Å². The van der Waals surface area contributed by atoms with Crippen LogP contribution in [-0.4, -0.2) is 24.7 Å². The van der Waals surface area contributed by atoms with E-state index in [0.29, 0.717) is 23.2 Å². The number of hydrogen-bond acceptors (Lipinski definition) is 3. The molecular formula is C13H18BrFN2O2. The smallest absolute Gasteiger partial charge is 0.252 e. The quantitative estimate of drug-likeness (QED) is 0.815. The molecule has 1 aromatic carbocycles. The first-order valence-electron chi connectivity index (χ1n) is 5.93. The maximum Gasteiger partial charge on any atom is 0.252 e. The van der Waals surface area contributed by atoms with Gasteiger partial charge in [-0.1, -0.05) is 0 Å². The summed E-state index contributed by atoms with van der Waals surface area (Å²) >= 11 is 3.15. The zero-order valence-corrected chi connectivity index (χ0v) is 12.8. The molecule has 0 unspecified atom stereocenters. The lowest BCUT2D eigenvalue weighted by Gasteiger charge is -2.25. The summed E-state index contributed by atoms with van der Waals surface area (Å²) in [6, 6.07) is 2.49. The van der Waals surface area contributed by atoms with Crippen molar-refractivity contribution in [2.24, 2.45) is 0 Å². The van der Waals surface area contributed by atoms with E-state index < -0.39 is 11.4 Å². The molecule has 1 rings (SSSR count). The Hall–Kier alpha value is -1.14. The van der Waals surface area contributed by atoms with Gasteiger partial charge in [0.1, 0.15) is 5.82 Å². The van der Waals surface area contributed by atoms with Gasteiger partial charge in [0.25, 0.3) is 5.91 Å². The number of carbonyl (C=O) groups is 1. The minimum absolute atomic E-state index is 0.0579. The first-order valence-corrected chi connectivity index (χ1v) is 6.73. The van der Waals surface area contributed by atoms with Gasteiger partial charge in [0.15, 0.2) is 0 Å². The summed E-state index contributed by atoms with van der Waals surface area (Å²) in [5, 5.41) is 2.74. The molecule has 0 aliphatic heterocycles. The molecule has 0 atom stereocenters. The van der Waals surface area contributed by atoms with Gasteiger partial charge >= 0.3 is 0 Å². The van der Waals surface area contributed by atoms with E-state index in [2.05, 4.69) is 21.2 Å². The summed E-state index contributed by atoms with van der Waals surface area (Å²) in [5.41, 5.74) is 5.24. The molecule has 19 heavy (non-hydrogen) atoms. The molecule has 4 nitrogen and oxygen atoms in total. The summed E-state index contributed by atoms with van der Waals surface area (Å²) in [4.78, 5) is 12.0. The fourth-order valence-electron chi connectivity index (χ4n) is 1.57. The number of nitrogens with one attached hydrogen (secondary N) is 1. The number of nitrogen functional groups attached to an aromatic ring is 1. The number of halogens is 2. The van der Waals surface area contributed by atoms with Gasteiger partial charge in [-0.05, 0) is 48.8 Å². The summed E-state index contributed by atoms with van der Waals surface area (Å²) in [6.45, 7) is 6.57. The van der Waals surface area contributed by atoms with E-state index in [1.165, 1.54) is 12.1 Å². The molecule has 0 radical (unpaired) electrons. The number of amides is 1. The molecule has 1 amide bonds. The van der Waals surface area contributed by atoms with Crippen LogP contribution < -0.4 is 11.1 Å². The average Bonchev–Trinajstić information content (AvgIpc) is 2.31. The number of rotatable bonds is 5. The van der Waals surface area contributed by atoms with E-state index in [9.17, 15) is 9.18 Å². The summed E-state index contributed by atoms with van der Waals surface area (Å²) < 4.78 is 19.0. The third-order valence-electron chi connectivity index (χ3n) is 2.54. The minimum atomic E-state index is -0.557. The van der Waals surface area contributed by atoms with Crippen LogP contribution in [0.15, 0.2) is 16.6 Å². The zero-order valence-electron chi connectivity index (χ0n) is 11.2. The minimum Gasteiger partial charge on any atom is -0.396 e. The largest absolute Gasteiger partial charge is 0.396 e. The highest BCUT2D eigenvalue weighted by atomic mass is 79.9. The lowest BCUT2D eigenvalue weighted by Crippen LogP contribution is -2.40. The number of carbonyl (C=O) groups excluding carboxylic acids is 1. The average molecular weight is 333 g/mol. The van der Waals surface area contributed by atoms with Gasteiger partial charge in [-0.25, -0.2) is 4.39 Å². The maximum atomic E-state index is 13.2. The van der Waals surface area contributed by atoms with E-state index in [4.69, 9.17) is 10.5 Å². The van der Waals surface area contributed by atoms with Crippen LogP contribution >= 0.6 is 15.9 Å². The molecule has 0 aliphatic carbocycles. The molecule has 0 bridgehead atoms. The normalized spacial score (nSPS) is 11.4. The van der Waals surface area contributed by atoms with Crippen LogP contribution in [-0.2, 0) is 4.74 Å². The van der Waals surface area contributed by atoms with Gasteiger partial charge in [0.2, 0.25) is 0 Å². The number of benzene rings is 1. The van der Waals surface area contributed by atoms with Crippen molar-refractivity contribution < 1.29 is 13.9 Å². The Balaban J connectivity index is 2.77. The SMILES string of the molecule is CCOC(C)(C)CNC(=O)c1cc(N)c(F)cc1Br. The van der Waals surface area contributed by atoms with Crippen LogP contribution in [0.5, 0.6) is 0 Å². The van der Waals surface area contributed by atoms with E-state index in [1.54, 1.807) is 0 Å². The first kappa shape index (κ1) is 15.9. The molecule has 1 aromatic rings. The zero-order chi connectivity index (χ0) is 14.6. The van der Waals surface area contributed by atoms with Gasteiger partial charge in [-0.3, -0.25) is 4.79 Å². The Kier molecular flexibility index (Phi) is 5.31. The molecule has 0 saturated heterocycles. The third-order valence-corrected chi connectivity index (χ3v) is 3.20. The van der Waals surface area contributed by atoms with Crippen molar-refractivity contribution >= 4 is 27.5 Å². The molecule has 0 spiro atoms.